The first-order valence-electron chi connectivity index (χ1n) is 6.40. The normalized spacial score (nSPS) is 12.8. The van der Waals surface area contributed by atoms with Gasteiger partial charge in [-0.05, 0) is 22.3 Å². The summed E-state index contributed by atoms with van der Waals surface area (Å²) in [5, 5.41) is 11.3. The number of thioether (sulfide) groups is 1. The quantitative estimate of drug-likeness (QED) is 0.888. The number of aliphatic carboxylic acids is 1. The van der Waals surface area contributed by atoms with E-state index in [2.05, 4.69) is 24.3 Å². The Bertz CT molecular complexity index is 572. The Morgan fingerprint density at radius 3 is 2.53 bits per heavy atom. The molecule has 0 saturated heterocycles. The summed E-state index contributed by atoms with van der Waals surface area (Å²) in [7, 11) is 0. The lowest BCUT2D eigenvalue weighted by Gasteiger charge is -2.16. The predicted octanol–water partition coefficient (Wildman–Crippen LogP) is 4.18. The fourth-order valence-electron chi connectivity index (χ4n) is 2.15. The second-order valence-corrected chi connectivity index (χ2v) is 6.08. The van der Waals surface area contributed by atoms with Crippen molar-refractivity contribution < 1.29 is 9.90 Å². The second-order valence-electron chi connectivity index (χ2n) is 4.95. The molecular weight excluding hydrogens is 256 g/mol. The maximum atomic E-state index is 11.2. The minimum Gasteiger partial charge on any atom is -0.480 e. The first-order chi connectivity index (χ1) is 9.09. The van der Waals surface area contributed by atoms with Crippen molar-refractivity contribution >= 4 is 28.5 Å². The van der Waals surface area contributed by atoms with Crippen molar-refractivity contribution in [3.63, 3.8) is 0 Å². The van der Waals surface area contributed by atoms with Crippen molar-refractivity contribution in [2.24, 2.45) is 5.92 Å². The molecule has 0 radical (unpaired) electrons. The van der Waals surface area contributed by atoms with Crippen LogP contribution < -0.4 is 0 Å². The Kier molecular flexibility index (Phi) is 4.48. The van der Waals surface area contributed by atoms with E-state index in [1.54, 1.807) is 0 Å². The number of carboxylic acid groups (broad SMARTS) is 1. The van der Waals surface area contributed by atoms with Gasteiger partial charge in [0.2, 0.25) is 0 Å². The zero-order valence-corrected chi connectivity index (χ0v) is 12.0. The van der Waals surface area contributed by atoms with Crippen LogP contribution in [0.3, 0.4) is 0 Å². The van der Waals surface area contributed by atoms with Crippen LogP contribution in [0.4, 0.5) is 0 Å². The Hall–Kier alpha value is -1.48. The van der Waals surface area contributed by atoms with Crippen molar-refractivity contribution in [3.8, 4) is 0 Å². The number of carboxylic acids is 1. The van der Waals surface area contributed by atoms with Crippen molar-refractivity contribution in [1.29, 1.82) is 0 Å². The molecule has 3 heteroatoms. The van der Waals surface area contributed by atoms with E-state index < -0.39 is 5.97 Å². The highest BCUT2D eigenvalue weighted by molar-refractivity contribution is 7.99. The third-order valence-corrected chi connectivity index (χ3v) is 4.73. The molecule has 0 fully saturated rings. The number of benzene rings is 2. The topological polar surface area (TPSA) is 37.3 Å². The van der Waals surface area contributed by atoms with Gasteiger partial charge in [0.25, 0.3) is 0 Å². The fourth-order valence-corrected chi connectivity index (χ4v) is 3.29. The Balaban J connectivity index is 2.20. The van der Waals surface area contributed by atoms with Gasteiger partial charge in [-0.15, -0.1) is 11.8 Å². The van der Waals surface area contributed by atoms with E-state index in [0.717, 1.165) is 5.75 Å². The molecule has 0 aliphatic heterocycles. The summed E-state index contributed by atoms with van der Waals surface area (Å²) in [6.45, 7) is 3.91. The highest BCUT2D eigenvalue weighted by Gasteiger charge is 2.21. The largest absolute Gasteiger partial charge is 0.480 e. The van der Waals surface area contributed by atoms with Gasteiger partial charge in [-0.3, -0.25) is 4.79 Å². The molecule has 2 rings (SSSR count). The van der Waals surface area contributed by atoms with Crippen LogP contribution in [0.1, 0.15) is 19.4 Å². The molecule has 2 nitrogen and oxygen atoms in total. The van der Waals surface area contributed by atoms with Gasteiger partial charge in [0, 0.05) is 5.75 Å². The van der Waals surface area contributed by atoms with Crippen LogP contribution in [0, 0.1) is 5.92 Å². The minimum atomic E-state index is -0.722. The zero-order valence-electron chi connectivity index (χ0n) is 11.2. The van der Waals surface area contributed by atoms with Gasteiger partial charge in [-0.2, -0.15) is 0 Å². The smallest absolute Gasteiger partial charge is 0.316 e. The Labute approximate surface area is 117 Å². The third-order valence-electron chi connectivity index (χ3n) is 3.15. The summed E-state index contributed by atoms with van der Waals surface area (Å²) in [6.07, 6.45) is 0. The first kappa shape index (κ1) is 13.9. The number of hydrogen-bond donors (Lipinski definition) is 1. The molecule has 0 bridgehead atoms. The molecule has 1 unspecified atom stereocenters. The van der Waals surface area contributed by atoms with Crippen molar-refractivity contribution in [3.05, 3.63) is 48.0 Å². The molecule has 2 aromatic carbocycles. The molecule has 100 valence electrons. The molecule has 1 N–H and O–H groups in total. The molecule has 1 atom stereocenters. The molecule has 0 amide bonds. The lowest BCUT2D eigenvalue weighted by molar-refractivity contribution is -0.137. The molecule has 0 heterocycles. The Morgan fingerprint density at radius 1 is 1.16 bits per heavy atom. The van der Waals surface area contributed by atoms with Gasteiger partial charge in [0.05, 0.1) is 0 Å². The summed E-state index contributed by atoms with van der Waals surface area (Å²) >= 11 is 1.51. The van der Waals surface area contributed by atoms with E-state index in [4.69, 9.17) is 0 Å². The van der Waals surface area contributed by atoms with Crippen LogP contribution >= 0.6 is 11.8 Å². The first-order valence-corrected chi connectivity index (χ1v) is 7.45. The Morgan fingerprint density at radius 2 is 1.84 bits per heavy atom. The molecule has 0 aliphatic rings. The van der Waals surface area contributed by atoms with E-state index in [9.17, 15) is 9.90 Å². The van der Waals surface area contributed by atoms with Gasteiger partial charge in [-0.1, -0.05) is 56.3 Å². The highest BCUT2D eigenvalue weighted by Crippen LogP contribution is 2.27. The van der Waals surface area contributed by atoms with Crippen molar-refractivity contribution in [2.45, 2.75) is 24.9 Å². The van der Waals surface area contributed by atoms with Crippen LogP contribution in [0.5, 0.6) is 0 Å². The van der Waals surface area contributed by atoms with E-state index >= 15 is 0 Å². The number of rotatable bonds is 5. The SMILES string of the molecule is CC(C)C(SCc1cccc2ccccc12)C(=O)O. The molecule has 19 heavy (non-hydrogen) atoms. The molecule has 2 aromatic rings. The van der Waals surface area contributed by atoms with E-state index in [-0.39, 0.29) is 11.2 Å². The summed E-state index contributed by atoms with van der Waals surface area (Å²) in [5.41, 5.74) is 1.20. The average molecular weight is 274 g/mol. The lowest BCUT2D eigenvalue weighted by atomic mass is 10.1. The second kappa shape index (κ2) is 6.11. The standard InChI is InChI=1S/C16H18O2S/c1-11(2)15(16(17)18)19-10-13-8-5-7-12-6-3-4-9-14(12)13/h3-9,11,15H,10H2,1-2H3,(H,17,18). The van der Waals surface area contributed by atoms with Gasteiger partial charge in [0.1, 0.15) is 5.25 Å². The predicted molar refractivity (Wildman–Crippen MR) is 81.5 cm³/mol. The molecule has 0 aromatic heterocycles. The van der Waals surface area contributed by atoms with Gasteiger partial charge in [0.15, 0.2) is 0 Å². The highest BCUT2D eigenvalue weighted by atomic mass is 32.2. The van der Waals surface area contributed by atoms with Crippen LogP contribution in [-0.2, 0) is 10.5 Å². The summed E-state index contributed by atoms with van der Waals surface area (Å²) in [4.78, 5) is 11.2. The molecule has 0 saturated carbocycles. The monoisotopic (exact) mass is 274 g/mol. The summed E-state index contributed by atoms with van der Waals surface area (Å²) in [5.74, 6) is 0.147. The molecule has 0 spiro atoms. The molecular formula is C16H18O2S. The van der Waals surface area contributed by atoms with Crippen LogP contribution in [0.15, 0.2) is 42.5 Å². The van der Waals surface area contributed by atoms with Gasteiger partial charge in [-0.25, -0.2) is 0 Å². The van der Waals surface area contributed by atoms with Crippen LogP contribution in [0.2, 0.25) is 0 Å². The maximum Gasteiger partial charge on any atom is 0.316 e. The fraction of sp³-hybridized carbons (Fsp3) is 0.312. The molecule has 0 aliphatic carbocycles. The van der Waals surface area contributed by atoms with E-state index in [1.165, 1.54) is 28.1 Å². The van der Waals surface area contributed by atoms with E-state index in [1.807, 2.05) is 32.0 Å². The van der Waals surface area contributed by atoms with E-state index in [0.29, 0.717) is 0 Å². The lowest BCUT2D eigenvalue weighted by Crippen LogP contribution is -2.22. The number of carbonyl (C=O) groups is 1. The van der Waals surface area contributed by atoms with Crippen LogP contribution in [0.25, 0.3) is 10.8 Å². The average Bonchev–Trinajstić information content (AvgIpc) is 2.38. The van der Waals surface area contributed by atoms with Gasteiger partial charge < -0.3 is 5.11 Å². The van der Waals surface area contributed by atoms with Crippen LogP contribution in [-0.4, -0.2) is 16.3 Å². The summed E-state index contributed by atoms with van der Waals surface area (Å²) < 4.78 is 0. The zero-order chi connectivity index (χ0) is 13.8. The maximum absolute atomic E-state index is 11.2. The third kappa shape index (κ3) is 3.29. The number of fused-ring (bicyclic) bond motifs is 1. The number of hydrogen-bond acceptors (Lipinski definition) is 2. The van der Waals surface area contributed by atoms with Crippen molar-refractivity contribution in [1.82, 2.24) is 0 Å². The summed E-state index contributed by atoms with van der Waals surface area (Å²) in [6, 6.07) is 14.4. The van der Waals surface area contributed by atoms with Gasteiger partial charge >= 0.3 is 5.97 Å². The van der Waals surface area contributed by atoms with Crippen molar-refractivity contribution in [2.75, 3.05) is 0 Å². The minimum absolute atomic E-state index is 0.137.